The van der Waals surface area contributed by atoms with Gasteiger partial charge in [0.15, 0.2) is 0 Å². The van der Waals surface area contributed by atoms with Gasteiger partial charge in [0.05, 0.1) is 31.8 Å². The summed E-state index contributed by atoms with van der Waals surface area (Å²) in [5.74, 6) is 1.13. The number of furan rings is 1. The summed E-state index contributed by atoms with van der Waals surface area (Å²) >= 11 is 1.25. The molecule has 3 heterocycles. The minimum Gasteiger partial charge on any atom is -0.467 e. The van der Waals surface area contributed by atoms with Crippen molar-refractivity contribution in [1.82, 2.24) is 15.3 Å². The standard InChI is InChI=1S/C17H18N4O4S/c1-9-13-15(19-8-12(22)18-7-11-5-4-6-25-11)20-10(2)21-16(13)26-14(9)17(23)24-3/h4-6H,7-8H2,1-3H3,(H,18,22)(H,19,20,21). The first-order chi connectivity index (χ1) is 12.5. The Morgan fingerprint density at radius 3 is 2.81 bits per heavy atom. The fourth-order valence-corrected chi connectivity index (χ4v) is 3.63. The Labute approximate surface area is 153 Å². The highest BCUT2D eigenvalue weighted by molar-refractivity contribution is 7.20. The summed E-state index contributed by atoms with van der Waals surface area (Å²) in [5.41, 5.74) is 0.732. The van der Waals surface area contributed by atoms with Crippen molar-refractivity contribution in [2.45, 2.75) is 20.4 Å². The maximum absolute atomic E-state index is 12.0. The summed E-state index contributed by atoms with van der Waals surface area (Å²) in [6, 6.07) is 3.55. The lowest BCUT2D eigenvalue weighted by atomic mass is 10.2. The van der Waals surface area contributed by atoms with Crippen molar-refractivity contribution in [2.75, 3.05) is 19.0 Å². The van der Waals surface area contributed by atoms with Gasteiger partial charge in [0.2, 0.25) is 5.91 Å². The maximum Gasteiger partial charge on any atom is 0.348 e. The van der Waals surface area contributed by atoms with Crippen LogP contribution in [0.25, 0.3) is 10.2 Å². The van der Waals surface area contributed by atoms with E-state index in [-0.39, 0.29) is 12.5 Å². The quantitative estimate of drug-likeness (QED) is 0.638. The molecule has 0 atom stereocenters. The lowest BCUT2D eigenvalue weighted by Gasteiger charge is -2.09. The first-order valence-electron chi connectivity index (χ1n) is 7.88. The number of ether oxygens (including phenoxy) is 1. The second kappa shape index (κ2) is 7.52. The van der Waals surface area contributed by atoms with E-state index in [1.807, 2.05) is 6.92 Å². The van der Waals surface area contributed by atoms with Gasteiger partial charge < -0.3 is 19.8 Å². The van der Waals surface area contributed by atoms with Gasteiger partial charge in [-0.25, -0.2) is 14.8 Å². The van der Waals surface area contributed by atoms with Gasteiger partial charge in [0.25, 0.3) is 0 Å². The fraction of sp³-hybridized carbons (Fsp3) is 0.294. The SMILES string of the molecule is COC(=O)c1sc2nc(C)nc(NCC(=O)NCc3ccco3)c2c1C. The van der Waals surface area contributed by atoms with Gasteiger partial charge in [-0.15, -0.1) is 11.3 Å². The van der Waals surface area contributed by atoms with Crippen molar-refractivity contribution >= 4 is 39.2 Å². The van der Waals surface area contributed by atoms with Gasteiger partial charge in [-0.1, -0.05) is 0 Å². The highest BCUT2D eigenvalue weighted by atomic mass is 32.1. The summed E-state index contributed by atoms with van der Waals surface area (Å²) in [5, 5.41) is 6.51. The van der Waals surface area contributed by atoms with Gasteiger partial charge in [0, 0.05) is 0 Å². The largest absolute Gasteiger partial charge is 0.467 e. The number of hydrogen-bond donors (Lipinski definition) is 2. The minimum absolute atomic E-state index is 0.0368. The Hall–Kier alpha value is -2.94. The number of fused-ring (bicyclic) bond motifs is 1. The van der Waals surface area contributed by atoms with Gasteiger partial charge in [-0.2, -0.15) is 0 Å². The zero-order chi connectivity index (χ0) is 18.7. The highest BCUT2D eigenvalue weighted by Gasteiger charge is 2.20. The number of rotatable bonds is 6. The molecule has 26 heavy (non-hydrogen) atoms. The van der Waals surface area contributed by atoms with Gasteiger partial charge in [-0.3, -0.25) is 4.79 Å². The third kappa shape index (κ3) is 3.67. The Morgan fingerprint density at radius 1 is 1.31 bits per heavy atom. The van der Waals surface area contributed by atoms with E-state index in [2.05, 4.69) is 20.6 Å². The molecule has 0 bridgehead atoms. The molecule has 1 amide bonds. The van der Waals surface area contributed by atoms with E-state index < -0.39 is 5.97 Å². The molecule has 0 saturated carbocycles. The predicted molar refractivity (Wildman–Crippen MR) is 97.3 cm³/mol. The summed E-state index contributed by atoms with van der Waals surface area (Å²) in [4.78, 5) is 33.9. The van der Waals surface area contributed by atoms with Crippen LogP contribution in [0.3, 0.4) is 0 Å². The van der Waals surface area contributed by atoms with E-state index in [1.54, 1.807) is 25.3 Å². The molecule has 0 radical (unpaired) electrons. The summed E-state index contributed by atoms with van der Waals surface area (Å²) in [7, 11) is 1.34. The molecule has 2 N–H and O–H groups in total. The second-order valence-corrected chi connectivity index (χ2v) is 6.56. The summed E-state index contributed by atoms with van der Waals surface area (Å²) in [6.45, 7) is 3.92. The topological polar surface area (TPSA) is 106 Å². The van der Waals surface area contributed by atoms with Gasteiger partial charge >= 0.3 is 5.97 Å². The molecule has 3 aromatic rings. The first-order valence-corrected chi connectivity index (χ1v) is 8.70. The Kier molecular flexibility index (Phi) is 5.17. The molecule has 0 saturated heterocycles. The molecule has 136 valence electrons. The predicted octanol–water partition coefficient (Wildman–Crippen LogP) is 2.42. The number of anilines is 1. The minimum atomic E-state index is -0.412. The summed E-state index contributed by atoms with van der Waals surface area (Å²) in [6.07, 6.45) is 1.55. The highest BCUT2D eigenvalue weighted by Crippen LogP contribution is 2.34. The number of nitrogens with one attached hydrogen (secondary N) is 2. The van der Waals surface area contributed by atoms with Crippen molar-refractivity contribution in [3.05, 3.63) is 40.4 Å². The van der Waals surface area contributed by atoms with Crippen molar-refractivity contribution < 1.29 is 18.7 Å². The summed E-state index contributed by atoms with van der Waals surface area (Å²) < 4.78 is 9.99. The first kappa shape index (κ1) is 17.9. The van der Waals surface area contributed by atoms with E-state index in [1.165, 1.54) is 18.4 Å². The Morgan fingerprint density at radius 2 is 2.12 bits per heavy atom. The van der Waals surface area contributed by atoms with Crippen LogP contribution in [-0.4, -0.2) is 35.5 Å². The van der Waals surface area contributed by atoms with E-state index in [0.29, 0.717) is 33.7 Å². The number of carbonyl (C=O) groups is 2. The molecule has 9 heteroatoms. The molecule has 3 aromatic heterocycles. The molecule has 0 aliphatic heterocycles. The number of carbonyl (C=O) groups excluding carboxylic acids is 2. The number of methoxy groups -OCH3 is 1. The zero-order valence-corrected chi connectivity index (χ0v) is 15.4. The van der Waals surface area contributed by atoms with Crippen molar-refractivity contribution in [3.8, 4) is 0 Å². The Bertz CT molecular complexity index is 949. The number of aromatic nitrogens is 2. The lowest BCUT2D eigenvalue weighted by Crippen LogP contribution is -2.29. The number of aryl methyl sites for hydroxylation is 2. The molecular weight excluding hydrogens is 356 g/mol. The number of thiophene rings is 1. The smallest absolute Gasteiger partial charge is 0.348 e. The number of hydrogen-bond acceptors (Lipinski definition) is 8. The molecule has 0 aliphatic rings. The zero-order valence-electron chi connectivity index (χ0n) is 14.6. The van der Waals surface area contributed by atoms with Crippen LogP contribution in [0.4, 0.5) is 5.82 Å². The van der Waals surface area contributed by atoms with Crippen LogP contribution in [0, 0.1) is 13.8 Å². The van der Waals surface area contributed by atoms with Crippen molar-refractivity contribution in [3.63, 3.8) is 0 Å². The van der Waals surface area contributed by atoms with Crippen LogP contribution in [0.15, 0.2) is 22.8 Å². The lowest BCUT2D eigenvalue weighted by molar-refractivity contribution is -0.119. The molecular formula is C17H18N4O4S. The number of nitrogens with zero attached hydrogens (tertiary/aromatic N) is 2. The molecule has 0 aliphatic carbocycles. The molecule has 3 rings (SSSR count). The Balaban J connectivity index is 1.77. The van der Waals surface area contributed by atoms with Crippen LogP contribution >= 0.6 is 11.3 Å². The van der Waals surface area contributed by atoms with E-state index in [9.17, 15) is 9.59 Å². The third-order valence-corrected chi connectivity index (χ3v) is 4.89. The molecule has 8 nitrogen and oxygen atoms in total. The van der Waals surface area contributed by atoms with E-state index in [0.717, 1.165) is 10.9 Å². The second-order valence-electron chi connectivity index (χ2n) is 5.56. The van der Waals surface area contributed by atoms with E-state index in [4.69, 9.17) is 9.15 Å². The van der Waals surface area contributed by atoms with Crippen molar-refractivity contribution in [1.29, 1.82) is 0 Å². The maximum atomic E-state index is 12.0. The van der Waals surface area contributed by atoms with Crippen molar-refractivity contribution in [2.24, 2.45) is 0 Å². The number of esters is 1. The molecule has 0 spiro atoms. The van der Waals surface area contributed by atoms with Crippen LogP contribution < -0.4 is 10.6 Å². The monoisotopic (exact) mass is 374 g/mol. The van der Waals surface area contributed by atoms with Gasteiger partial charge in [0.1, 0.15) is 27.1 Å². The van der Waals surface area contributed by atoms with Crippen LogP contribution in [0.1, 0.15) is 26.8 Å². The molecule has 0 fully saturated rings. The molecule has 0 aromatic carbocycles. The normalized spacial score (nSPS) is 10.7. The average Bonchev–Trinajstić information content (AvgIpc) is 3.25. The van der Waals surface area contributed by atoms with Crippen LogP contribution in [0.2, 0.25) is 0 Å². The third-order valence-electron chi connectivity index (χ3n) is 3.73. The average molecular weight is 374 g/mol. The fourth-order valence-electron chi connectivity index (χ4n) is 2.49. The van der Waals surface area contributed by atoms with Crippen LogP contribution in [-0.2, 0) is 16.1 Å². The molecule has 0 unspecified atom stereocenters. The van der Waals surface area contributed by atoms with Crippen LogP contribution in [0.5, 0.6) is 0 Å². The number of amides is 1. The van der Waals surface area contributed by atoms with E-state index >= 15 is 0 Å². The van der Waals surface area contributed by atoms with Gasteiger partial charge in [-0.05, 0) is 31.5 Å².